The van der Waals surface area contributed by atoms with Crippen LogP contribution in [0.2, 0.25) is 0 Å². The molecule has 1 rings (SSSR count). The van der Waals surface area contributed by atoms with Crippen LogP contribution in [0.3, 0.4) is 0 Å². The topological polar surface area (TPSA) is 34.1 Å². The summed E-state index contributed by atoms with van der Waals surface area (Å²) in [4.78, 5) is 3.79. The lowest BCUT2D eigenvalue weighted by Gasteiger charge is -2.10. The van der Waals surface area contributed by atoms with Crippen molar-refractivity contribution < 1.29 is 13.5 Å². The van der Waals surface area contributed by atoms with Crippen LogP contribution in [-0.4, -0.2) is 18.1 Å². The predicted molar refractivity (Wildman–Crippen MR) is 67.9 cm³/mol. The van der Waals surface area contributed by atoms with Gasteiger partial charge in [0.05, 0.1) is 6.61 Å². The Bertz CT molecular complexity index is 422. The average Bonchev–Trinajstić information content (AvgIpc) is 2.30. The van der Waals surface area contributed by atoms with E-state index in [2.05, 4.69) is 16.9 Å². The smallest absolute Gasteiger partial charge is 0.252 e. The van der Waals surface area contributed by atoms with Crippen molar-refractivity contribution in [1.82, 2.24) is 4.98 Å². The van der Waals surface area contributed by atoms with Gasteiger partial charge in [-0.1, -0.05) is 12.5 Å². The number of rotatable bonds is 7. The minimum Gasteiger partial charge on any atom is -0.475 e. The Hall–Kier alpha value is -1.65. The molecule has 0 unspecified atom stereocenters. The van der Waals surface area contributed by atoms with Crippen molar-refractivity contribution >= 4 is 5.82 Å². The molecular weight excluding hydrogens is 238 g/mol. The number of hydrogen-bond acceptors (Lipinski definition) is 3. The van der Waals surface area contributed by atoms with Crippen molar-refractivity contribution in [3.05, 3.63) is 29.9 Å². The molecule has 0 radical (unpaired) electrons. The average molecular weight is 256 g/mol. The van der Waals surface area contributed by atoms with E-state index in [1.807, 2.05) is 13.8 Å². The van der Waals surface area contributed by atoms with Crippen molar-refractivity contribution in [1.29, 1.82) is 0 Å². The lowest BCUT2D eigenvalue weighted by molar-refractivity contribution is 0.291. The van der Waals surface area contributed by atoms with Crippen LogP contribution in [0, 0.1) is 11.6 Å². The van der Waals surface area contributed by atoms with Crippen LogP contribution in [0.5, 0.6) is 5.88 Å². The first-order valence-corrected chi connectivity index (χ1v) is 5.91. The molecule has 0 aliphatic carbocycles. The summed E-state index contributed by atoms with van der Waals surface area (Å²) in [6, 6.07) is 0.779. The van der Waals surface area contributed by atoms with Crippen LogP contribution in [-0.2, 0) is 0 Å². The van der Waals surface area contributed by atoms with Gasteiger partial charge in [0, 0.05) is 19.0 Å². The van der Waals surface area contributed by atoms with E-state index in [9.17, 15) is 8.78 Å². The van der Waals surface area contributed by atoms with Gasteiger partial charge in [0.15, 0.2) is 17.5 Å². The first-order chi connectivity index (χ1) is 8.54. The Kier molecular flexibility index (Phi) is 5.55. The molecule has 0 aliphatic heterocycles. The zero-order chi connectivity index (χ0) is 13.5. The SMILES string of the molecule is C=C(C)CCOc1nc(NCCC)c(F)cc1F. The quantitative estimate of drug-likeness (QED) is 0.758. The van der Waals surface area contributed by atoms with Crippen LogP contribution in [0.1, 0.15) is 26.7 Å². The van der Waals surface area contributed by atoms with Gasteiger partial charge in [0.25, 0.3) is 5.88 Å². The summed E-state index contributed by atoms with van der Waals surface area (Å²) in [7, 11) is 0. The normalized spacial score (nSPS) is 10.2. The molecule has 1 aromatic rings. The van der Waals surface area contributed by atoms with Crippen LogP contribution in [0.25, 0.3) is 0 Å². The zero-order valence-corrected chi connectivity index (χ0v) is 10.7. The molecule has 1 aromatic heterocycles. The van der Waals surface area contributed by atoms with Crippen LogP contribution < -0.4 is 10.1 Å². The molecule has 1 heterocycles. The van der Waals surface area contributed by atoms with E-state index in [1.54, 1.807) is 0 Å². The van der Waals surface area contributed by atoms with Gasteiger partial charge < -0.3 is 10.1 Å². The summed E-state index contributed by atoms with van der Waals surface area (Å²) < 4.78 is 31.9. The van der Waals surface area contributed by atoms with E-state index in [1.165, 1.54) is 0 Å². The summed E-state index contributed by atoms with van der Waals surface area (Å²) >= 11 is 0. The summed E-state index contributed by atoms with van der Waals surface area (Å²) in [6.45, 7) is 8.36. The van der Waals surface area contributed by atoms with Crippen molar-refractivity contribution in [3.63, 3.8) is 0 Å². The molecule has 0 fully saturated rings. The molecule has 18 heavy (non-hydrogen) atoms. The second-order valence-electron chi connectivity index (χ2n) is 4.09. The molecule has 0 atom stereocenters. The van der Waals surface area contributed by atoms with Gasteiger partial charge in [0.2, 0.25) is 0 Å². The van der Waals surface area contributed by atoms with E-state index >= 15 is 0 Å². The first-order valence-electron chi connectivity index (χ1n) is 5.91. The van der Waals surface area contributed by atoms with Crippen molar-refractivity contribution in [2.45, 2.75) is 26.7 Å². The third-order valence-corrected chi connectivity index (χ3v) is 2.21. The second-order valence-corrected chi connectivity index (χ2v) is 4.09. The van der Waals surface area contributed by atoms with Crippen molar-refractivity contribution in [2.75, 3.05) is 18.5 Å². The molecule has 5 heteroatoms. The van der Waals surface area contributed by atoms with E-state index < -0.39 is 11.6 Å². The van der Waals surface area contributed by atoms with Crippen molar-refractivity contribution in [2.24, 2.45) is 0 Å². The second kappa shape index (κ2) is 6.93. The summed E-state index contributed by atoms with van der Waals surface area (Å²) in [5.41, 5.74) is 0.932. The molecule has 100 valence electrons. The number of hydrogen-bond donors (Lipinski definition) is 1. The molecule has 0 bridgehead atoms. The number of nitrogens with zero attached hydrogens (tertiary/aromatic N) is 1. The van der Waals surface area contributed by atoms with Crippen LogP contribution >= 0.6 is 0 Å². The van der Waals surface area contributed by atoms with Gasteiger partial charge >= 0.3 is 0 Å². The van der Waals surface area contributed by atoms with Gasteiger partial charge in [-0.25, -0.2) is 8.78 Å². The predicted octanol–water partition coefficient (Wildman–Crippen LogP) is 3.53. The summed E-state index contributed by atoms with van der Waals surface area (Å²) in [5.74, 6) is -1.68. The molecule has 0 saturated heterocycles. The van der Waals surface area contributed by atoms with Crippen molar-refractivity contribution in [3.8, 4) is 5.88 Å². The molecule has 0 aromatic carbocycles. The highest BCUT2D eigenvalue weighted by molar-refractivity contribution is 5.39. The maximum absolute atomic E-state index is 13.4. The number of pyridine rings is 1. The summed E-state index contributed by atoms with van der Waals surface area (Å²) in [6.07, 6.45) is 1.43. The minimum atomic E-state index is -0.795. The number of aromatic nitrogens is 1. The Labute approximate surface area is 106 Å². The van der Waals surface area contributed by atoms with E-state index in [4.69, 9.17) is 4.74 Å². The molecule has 0 amide bonds. The van der Waals surface area contributed by atoms with Gasteiger partial charge in [-0.05, 0) is 13.3 Å². The molecule has 3 nitrogen and oxygen atoms in total. The van der Waals surface area contributed by atoms with E-state index in [-0.39, 0.29) is 18.3 Å². The lowest BCUT2D eigenvalue weighted by Crippen LogP contribution is -2.08. The monoisotopic (exact) mass is 256 g/mol. The molecule has 0 aliphatic rings. The zero-order valence-electron chi connectivity index (χ0n) is 10.7. The Balaban J connectivity index is 2.74. The number of anilines is 1. The molecule has 1 N–H and O–H groups in total. The molecule has 0 spiro atoms. The third-order valence-electron chi connectivity index (χ3n) is 2.21. The van der Waals surface area contributed by atoms with Gasteiger partial charge in [-0.15, -0.1) is 6.58 Å². The largest absolute Gasteiger partial charge is 0.475 e. The number of ether oxygens (including phenoxy) is 1. The minimum absolute atomic E-state index is 0.0172. The Morgan fingerprint density at radius 1 is 1.44 bits per heavy atom. The fourth-order valence-electron chi connectivity index (χ4n) is 1.24. The Morgan fingerprint density at radius 3 is 2.78 bits per heavy atom. The molecule has 0 saturated carbocycles. The highest BCUT2D eigenvalue weighted by Crippen LogP contribution is 2.21. The van der Waals surface area contributed by atoms with E-state index in [0.29, 0.717) is 13.0 Å². The van der Waals surface area contributed by atoms with Crippen LogP contribution in [0.4, 0.5) is 14.6 Å². The molecular formula is C13H18F2N2O. The summed E-state index contributed by atoms with van der Waals surface area (Å²) in [5, 5.41) is 2.78. The fourth-order valence-corrected chi connectivity index (χ4v) is 1.24. The maximum atomic E-state index is 13.4. The lowest BCUT2D eigenvalue weighted by atomic mass is 10.3. The van der Waals surface area contributed by atoms with Crippen LogP contribution in [0.15, 0.2) is 18.2 Å². The third kappa shape index (κ3) is 4.31. The first kappa shape index (κ1) is 14.4. The van der Waals surface area contributed by atoms with Gasteiger partial charge in [-0.2, -0.15) is 4.98 Å². The highest BCUT2D eigenvalue weighted by atomic mass is 19.1. The van der Waals surface area contributed by atoms with Gasteiger partial charge in [0.1, 0.15) is 0 Å². The number of nitrogens with one attached hydrogen (secondary N) is 1. The van der Waals surface area contributed by atoms with E-state index in [0.717, 1.165) is 18.1 Å². The highest BCUT2D eigenvalue weighted by Gasteiger charge is 2.12. The number of halogens is 2. The maximum Gasteiger partial charge on any atom is 0.252 e. The fraction of sp³-hybridized carbons (Fsp3) is 0.462. The van der Waals surface area contributed by atoms with Gasteiger partial charge in [-0.3, -0.25) is 0 Å². The Morgan fingerprint density at radius 2 is 2.17 bits per heavy atom. The standard InChI is InChI=1S/C13H18F2N2O/c1-4-6-16-12-10(14)8-11(15)13(17-12)18-7-5-9(2)3/h8H,2,4-7H2,1,3H3,(H,16,17).